The number of ether oxygens (including phenoxy) is 1. The van der Waals surface area contributed by atoms with Gasteiger partial charge in [-0.1, -0.05) is 24.3 Å². The molecule has 0 unspecified atom stereocenters. The van der Waals surface area contributed by atoms with Crippen LogP contribution in [0.25, 0.3) is 0 Å². The molecular weight excluding hydrogens is 705 g/mol. The average Bonchev–Trinajstić information content (AvgIpc) is 3.17. The summed E-state index contributed by atoms with van der Waals surface area (Å²) in [4.78, 5) is 42.9. The van der Waals surface area contributed by atoms with E-state index in [2.05, 4.69) is 30.4 Å². The highest BCUT2D eigenvalue weighted by Crippen LogP contribution is 2.31. The fourth-order valence-electron chi connectivity index (χ4n) is 7.80. The van der Waals surface area contributed by atoms with Crippen LogP contribution in [0.1, 0.15) is 41.6 Å². The summed E-state index contributed by atoms with van der Waals surface area (Å²) < 4.78 is 32.1. The molecule has 3 fully saturated rings. The van der Waals surface area contributed by atoms with E-state index in [4.69, 9.17) is 4.74 Å². The van der Waals surface area contributed by atoms with Crippen LogP contribution in [0.4, 0.5) is 27.8 Å². The Kier molecular flexibility index (Phi) is 10.2. The zero-order valence-electron chi connectivity index (χ0n) is 30.5. The maximum absolute atomic E-state index is 13.4. The molecule has 0 radical (unpaired) electrons. The van der Waals surface area contributed by atoms with Gasteiger partial charge in [0.05, 0.1) is 30.4 Å². The van der Waals surface area contributed by atoms with Crippen molar-refractivity contribution in [3.8, 4) is 5.75 Å². The molecule has 14 heteroatoms. The van der Waals surface area contributed by atoms with Crippen LogP contribution in [0.15, 0.2) is 79.0 Å². The number of carbonyl (C=O) groups is 2. The number of methoxy groups -OCH3 is 1. The van der Waals surface area contributed by atoms with Gasteiger partial charge < -0.3 is 20.3 Å². The molecule has 3 amide bonds. The van der Waals surface area contributed by atoms with Gasteiger partial charge in [-0.05, 0) is 104 Å². The second-order valence-electron chi connectivity index (χ2n) is 14.5. The number of carbonyl (C=O) groups excluding carboxylic acids is 2. The van der Waals surface area contributed by atoms with Crippen LogP contribution in [-0.2, 0) is 39.9 Å². The van der Waals surface area contributed by atoms with Crippen molar-refractivity contribution in [1.29, 1.82) is 0 Å². The number of nitrogens with zero attached hydrogens (tertiary/aromatic N) is 6. The minimum atomic E-state index is -3.30. The Morgan fingerprint density at radius 2 is 1.57 bits per heavy atom. The van der Waals surface area contributed by atoms with Gasteiger partial charge in [-0.15, -0.1) is 0 Å². The summed E-state index contributed by atoms with van der Waals surface area (Å²) in [5.74, 6) is 1.12. The van der Waals surface area contributed by atoms with Crippen LogP contribution < -0.4 is 25.2 Å². The summed E-state index contributed by atoms with van der Waals surface area (Å²) in [5.41, 5.74) is 6.49. The molecule has 1 aromatic heterocycles. The fraction of sp³-hybridized carbons (Fsp3) is 0.400. The second kappa shape index (κ2) is 15.4. The lowest BCUT2D eigenvalue weighted by Gasteiger charge is -2.48. The smallest absolute Gasteiger partial charge is 0.331 e. The molecule has 4 aliphatic rings. The predicted octanol–water partition coefficient (Wildman–Crippen LogP) is 4.50. The van der Waals surface area contributed by atoms with Crippen molar-refractivity contribution >= 4 is 44.8 Å². The minimum absolute atomic E-state index is 0.0339. The average molecular weight is 751 g/mol. The van der Waals surface area contributed by atoms with E-state index in [1.807, 2.05) is 79.0 Å². The lowest BCUT2D eigenvalue weighted by atomic mass is 10.0. The lowest BCUT2D eigenvalue weighted by molar-refractivity contribution is -0.129. The monoisotopic (exact) mass is 750 g/mol. The number of fused-ring (bicyclic) bond motifs is 1. The summed E-state index contributed by atoms with van der Waals surface area (Å²) in [6, 6.07) is 22.9. The van der Waals surface area contributed by atoms with Gasteiger partial charge >= 0.3 is 6.03 Å². The number of amides is 3. The first-order valence-electron chi connectivity index (χ1n) is 18.7. The molecule has 4 aromatic rings. The highest BCUT2D eigenvalue weighted by atomic mass is 32.2. The highest BCUT2D eigenvalue weighted by molar-refractivity contribution is 7.91. The van der Waals surface area contributed by atoms with Crippen molar-refractivity contribution in [2.75, 3.05) is 61.5 Å². The normalized spacial score (nSPS) is 18.7. The number of imide groups is 1. The van der Waals surface area contributed by atoms with Gasteiger partial charge in [-0.25, -0.2) is 23.2 Å². The molecule has 0 aliphatic carbocycles. The summed E-state index contributed by atoms with van der Waals surface area (Å²) in [6.07, 6.45) is 4.35. The topological polar surface area (TPSA) is 140 Å². The first-order chi connectivity index (χ1) is 26.2. The zero-order chi connectivity index (χ0) is 37.2. The van der Waals surface area contributed by atoms with E-state index < -0.39 is 9.84 Å². The van der Waals surface area contributed by atoms with E-state index in [-0.39, 0.29) is 35.9 Å². The number of rotatable bonds is 11. The van der Waals surface area contributed by atoms with Gasteiger partial charge in [-0.2, -0.15) is 0 Å². The van der Waals surface area contributed by atoms with Crippen LogP contribution in [-0.4, -0.2) is 97.8 Å². The number of hydrogen-bond donors (Lipinski definition) is 2. The molecular formula is C40H46N8O5S. The molecule has 2 N–H and O–H groups in total. The van der Waals surface area contributed by atoms with Crippen molar-refractivity contribution in [3.63, 3.8) is 0 Å². The minimum Gasteiger partial charge on any atom is -0.497 e. The summed E-state index contributed by atoms with van der Waals surface area (Å²) >= 11 is 0. The Balaban J connectivity index is 0.792. The van der Waals surface area contributed by atoms with Crippen LogP contribution in [0, 0.1) is 0 Å². The van der Waals surface area contributed by atoms with Crippen LogP contribution >= 0.6 is 0 Å². The number of urea groups is 1. The van der Waals surface area contributed by atoms with E-state index in [1.165, 1.54) is 10.5 Å². The van der Waals surface area contributed by atoms with Crippen LogP contribution in [0.2, 0.25) is 0 Å². The maximum Gasteiger partial charge on any atom is 0.331 e. The van der Waals surface area contributed by atoms with Crippen molar-refractivity contribution < 1.29 is 22.7 Å². The third-order valence-corrected chi connectivity index (χ3v) is 13.3. The van der Waals surface area contributed by atoms with Crippen molar-refractivity contribution in [3.05, 3.63) is 101 Å². The third kappa shape index (κ3) is 7.77. The van der Waals surface area contributed by atoms with Crippen LogP contribution in [0.5, 0.6) is 5.75 Å². The summed E-state index contributed by atoms with van der Waals surface area (Å²) in [5, 5.41) is 6.23. The Hall–Kier alpha value is -5.05. The number of sulfone groups is 1. The number of anilines is 4. The van der Waals surface area contributed by atoms with Crippen molar-refractivity contribution in [1.82, 2.24) is 25.1 Å². The SMILES string of the molecule is COc1ccc(CN2C(=O)CCN(c3ccc(N4CC(N5CCC(S(=O)(=O)Cc6ccc(Nc7ncc8c(n7)CNCC8)cc6)CC5)C4)cc3)C2=O)cc1. The molecule has 3 saturated heterocycles. The van der Waals surface area contributed by atoms with Crippen molar-refractivity contribution in [2.24, 2.45) is 0 Å². The second-order valence-corrected chi connectivity index (χ2v) is 16.8. The Labute approximate surface area is 316 Å². The van der Waals surface area contributed by atoms with E-state index in [1.54, 1.807) is 12.0 Å². The van der Waals surface area contributed by atoms with Gasteiger partial charge in [0.1, 0.15) is 5.75 Å². The van der Waals surface area contributed by atoms with Gasteiger partial charge in [-0.3, -0.25) is 19.5 Å². The third-order valence-electron chi connectivity index (χ3n) is 11.1. The molecule has 13 nitrogen and oxygen atoms in total. The summed E-state index contributed by atoms with van der Waals surface area (Å²) in [6.45, 7) is 5.52. The first kappa shape index (κ1) is 36.0. The van der Waals surface area contributed by atoms with Crippen LogP contribution in [0.3, 0.4) is 0 Å². The number of nitrogens with one attached hydrogen (secondary N) is 2. The van der Waals surface area contributed by atoms with Gasteiger partial charge in [0.25, 0.3) is 0 Å². The first-order valence-corrected chi connectivity index (χ1v) is 20.4. The number of piperidine rings is 1. The molecule has 0 bridgehead atoms. The van der Waals surface area contributed by atoms with Gasteiger partial charge in [0, 0.05) is 61.9 Å². The molecule has 5 heterocycles. The summed E-state index contributed by atoms with van der Waals surface area (Å²) in [7, 11) is -1.70. The molecule has 3 aromatic carbocycles. The number of likely N-dealkylation sites (tertiary alicyclic amines) is 1. The van der Waals surface area contributed by atoms with Gasteiger partial charge in [0.15, 0.2) is 9.84 Å². The Bertz CT molecular complexity index is 2080. The molecule has 4 aliphatic heterocycles. The molecule has 0 atom stereocenters. The predicted molar refractivity (Wildman–Crippen MR) is 208 cm³/mol. The molecule has 0 saturated carbocycles. The van der Waals surface area contributed by atoms with Gasteiger partial charge in [0.2, 0.25) is 11.9 Å². The number of benzene rings is 3. The number of aromatic nitrogens is 2. The quantitative estimate of drug-likeness (QED) is 0.224. The standard InChI is InChI=1S/C40H46N8O5S/c1-53-35-12-4-28(5-13-35)24-48-38(49)17-21-47(40(48)50)33-10-8-32(9-11-33)46-25-34(26-46)45-19-15-36(16-20-45)54(51,52)27-29-2-6-31(7-3-29)43-39-42-22-30-14-18-41-23-37(30)44-39/h2-13,22,34,36,41H,14-21,23-27H2,1H3,(H,42,43,44). The molecule has 8 rings (SSSR count). The Morgan fingerprint density at radius 3 is 2.30 bits per heavy atom. The molecule has 0 spiro atoms. The fourth-order valence-corrected chi connectivity index (χ4v) is 9.62. The van der Waals surface area contributed by atoms with Crippen molar-refractivity contribution in [2.45, 2.75) is 55.8 Å². The number of hydrogen-bond acceptors (Lipinski definition) is 11. The highest BCUT2D eigenvalue weighted by Gasteiger charge is 2.38. The van der Waals surface area contributed by atoms with E-state index in [9.17, 15) is 18.0 Å². The molecule has 282 valence electrons. The zero-order valence-corrected chi connectivity index (χ0v) is 31.3. The van der Waals surface area contributed by atoms with E-state index in [0.717, 1.165) is 85.3 Å². The lowest BCUT2D eigenvalue weighted by Crippen LogP contribution is -2.61. The van der Waals surface area contributed by atoms with E-state index >= 15 is 0 Å². The maximum atomic E-state index is 13.4. The van der Waals surface area contributed by atoms with E-state index in [0.29, 0.717) is 31.4 Å². The largest absolute Gasteiger partial charge is 0.497 e. The molecule has 54 heavy (non-hydrogen) atoms. The Morgan fingerprint density at radius 1 is 0.870 bits per heavy atom.